The lowest BCUT2D eigenvalue weighted by Crippen LogP contribution is -2.33. The lowest BCUT2D eigenvalue weighted by molar-refractivity contribution is -0.161. The predicted octanol–water partition coefficient (Wildman–Crippen LogP) is 5.76. The predicted molar refractivity (Wildman–Crippen MR) is 129 cm³/mol. The maximum atomic E-state index is 12.6. The molecule has 0 amide bonds. The summed E-state index contributed by atoms with van der Waals surface area (Å²) < 4.78 is 16.3. The number of methoxy groups -OCH3 is 1. The number of rotatable bonds is 11. The number of hydrogen-bond donors (Lipinski definition) is 0. The highest BCUT2D eigenvalue weighted by Gasteiger charge is 2.61. The summed E-state index contributed by atoms with van der Waals surface area (Å²) in [6.07, 6.45) is 11.4. The van der Waals surface area contributed by atoms with Gasteiger partial charge in [0, 0.05) is 5.92 Å². The summed E-state index contributed by atoms with van der Waals surface area (Å²) in [5.74, 6) is 2.18. The van der Waals surface area contributed by atoms with Gasteiger partial charge in [-0.1, -0.05) is 44.1 Å². The van der Waals surface area contributed by atoms with E-state index in [9.17, 15) is 9.59 Å². The van der Waals surface area contributed by atoms with Gasteiger partial charge >= 0.3 is 11.9 Å². The monoisotopic (exact) mass is 456 g/mol. The number of unbranched alkanes of at least 4 members (excludes halogenated alkanes) is 3. The minimum atomic E-state index is -0.502. The van der Waals surface area contributed by atoms with Gasteiger partial charge in [0.1, 0.15) is 11.9 Å². The molecule has 0 heterocycles. The van der Waals surface area contributed by atoms with E-state index in [-0.39, 0.29) is 18.7 Å². The highest BCUT2D eigenvalue weighted by Crippen LogP contribution is 2.62. The molecule has 0 spiro atoms. The molecule has 0 aliphatic heterocycles. The standard InChI is InChI=1S/C28H40O5/c1-6-7-8-9-10-14-21-22-17-24(33-27(30)28(2,3)4)23(26(21)22)16-19-12-11-13-20(15-19)32-18-25(29)31-5/h10-15,21-24,26H,6-9,16-18H2,1-5H3/t21?,22-,23?,24?,26+/m0/s1. The van der Waals surface area contributed by atoms with Crippen LogP contribution in [0.2, 0.25) is 0 Å². The van der Waals surface area contributed by atoms with Crippen molar-refractivity contribution in [2.24, 2.45) is 29.1 Å². The van der Waals surface area contributed by atoms with Crippen LogP contribution in [0.1, 0.15) is 65.4 Å². The number of ether oxygens (including phenoxy) is 3. The fraction of sp³-hybridized carbons (Fsp3) is 0.643. The second-order valence-corrected chi connectivity index (χ2v) is 10.6. The van der Waals surface area contributed by atoms with Crippen molar-refractivity contribution in [1.82, 2.24) is 0 Å². The van der Waals surface area contributed by atoms with Crippen LogP contribution in [-0.4, -0.2) is 31.8 Å². The summed E-state index contributed by atoms with van der Waals surface area (Å²) in [7, 11) is 1.35. The molecule has 0 bridgehead atoms. The van der Waals surface area contributed by atoms with Gasteiger partial charge in [-0.05, 0) is 81.9 Å². The van der Waals surface area contributed by atoms with Gasteiger partial charge in [0.05, 0.1) is 12.5 Å². The fourth-order valence-electron chi connectivity index (χ4n) is 5.03. The molecule has 0 N–H and O–H groups in total. The summed E-state index contributed by atoms with van der Waals surface area (Å²) in [4.78, 5) is 24.0. The first-order valence-corrected chi connectivity index (χ1v) is 12.4. The van der Waals surface area contributed by atoms with Gasteiger partial charge in [-0.2, -0.15) is 0 Å². The Bertz CT molecular complexity index is 837. The Hall–Kier alpha value is -2.30. The minimum absolute atomic E-state index is 0.0453. The largest absolute Gasteiger partial charge is 0.482 e. The Morgan fingerprint density at radius 3 is 2.67 bits per heavy atom. The van der Waals surface area contributed by atoms with E-state index in [1.165, 1.54) is 26.4 Å². The lowest BCUT2D eigenvalue weighted by atomic mass is 9.89. The highest BCUT2D eigenvalue weighted by atomic mass is 16.6. The maximum Gasteiger partial charge on any atom is 0.343 e. The van der Waals surface area contributed by atoms with E-state index in [0.717, 1.165) is 24.8 Å². The molecule has 33 heavy (non-hydrogen) atoms. The third kappa shape index (κ3) is 6.84. The smallest absolute Gasteiger partial charge is 0.343 e. The molecule has 5 atom stereocenters. The number of carbonyl (C=O) groups is 2. The second-order valence-electron chi connectivity index (χ2n) is 10.6. The van der Waals surface area contributed by atoms with Crippen LogP contribution in [0, 0.1) is 29.1 Å². The van der Waals surface area contributed by atoms with E-state index < -0.39 is 11.4 Å². The van der Waals surface area contributed by atoms with Gasteiger partial charge in [0.15, 0.2) is 6.61 Å². The van der Waals surface area contributed by atoms with Gasteiger partial charge in [-0.25, -0.2) is 4.79 Å². The van der Waals surface area contributed by atoms with E-state index in [1.807, 2.05) is 39.0 Å². The Kier molecular flexibility index (Phi) is 8.61. The third-order valence-corrected chi connectivity index (χ3v) is 6.93. The van der Waals surface area contributed by atoms with Crippen molar-refractivity contribution in [2.75, 3.05) is 13.7 Å². The third-order valence-electron chi connectivity index (χ3n) is 6.93. The van der Waals surface area contributed by atoms with Gasteiger partial charge in [0.25, 0.3) is 0 Å². The van der Waals surface area contributed by atoms with Crippen LogP contribution in [0.3, 0.4) is 0 Å². The molecule has 1 aromatic carbocycles. The number of hydrogen-bond acceptors (Lipinski definition) is 5. The molecular formula is C28H40O5. The van der Waals surface area contributed by atoms with Crippen molar-refractivity contribution in [3.05, 3.63) is 42.0 Å². The van der Waals surface area contributed by atoms with Crippen molar-refractivity contribution >= 4 is 11.9 Å². The van der Waals surface area contributed by atoms with Crippen LogP contribution in [0.4, 0.5) is 0 Å². The Balaban J connectivity index is 1.68. The molecule has 5 heteroatoms. The van der Waals surface area contributed by atoms with E-state index in [4.69, 9.17) is 9.47 Å². The number of fused-ring (bicyclic) bond motifs is 1. The van der Waals surface area contributed by atoms with E-state index in [0.29, 0.717) is 29.4 Å². The Labute approximate surface area is 198 Å². The zero-order valence-electron chi connectivity index (χ0n) is 20.8. The minimum Gasteiger partial charge on any atom is -0.482 e. The van der Waals surface area contributed by atoms with Gasteiger partial charge in [-0.15, -0.1) is 0 Å². The molecule has 2 saturated carbocycles. The quantitative estimate of drug-likeness (QED) is 0.241. The summed E-state index contributed by atoms with van der Waals surface area (Å²) in [5.41, 5.74) is 0.634. The molecule has 2 aliphatic rings. The fourth-order valence-corrected chi connectivity index (χ4v) is 5.03. The molecule has 182 valence electrons. The lowest BCUT2D eigenvalue weighted by Gasteiger charge is -2.27. The van der Waals surface area contributed by atoms with Crippen molar-refractivity contribution in [1.29, 1.82) is 0 Å². The number of benzene rings is 1. The first-order valence-electron chi connectivity index (χ1n) is 12.4. The number of allylic oxidation sites excluding steroid dienone is 2. The van der Waals surface area contributed by atoms with Crippen molar-refractivity contribution < 1.29 is 23.8 Å². The number of carbonyl (C=O) groups excluding carboxylic acids is 2. The van der Waals surface area contributed by atoms with Crippen LogP contribution >= 0.6 is 0 Å². The summed E-state index contributed by atoms with van der Waals surface area (Å²) >= 11 is 0. The first-order chi connectivity index (χ1) is 15.7. The molecule has 1 aromatic rings. The summed E-state index contributed by atoms with van der Waals surface area (Å²) in [5, 5.41) is 0. The Morgan fingerprint density at radius 2 is 1.97 bits per heavy atom. The molecule has 0 saturated heterocycles. The van der Waals surface area contributed by atoms with Gasteiger partial charge < -0.3 is 14.2 Å². The van der Waals surface area contributed by atoms with Crippen molar-refractivity contribution in [3.8, 4) is 5.75 Å². The van der Waals surface area contributed by atoms with Crippen LogP contribution in [0.15, 0.2) is 36.4 Å². The van der Waals surface area contributed by atoms with Crippen LogP contribution < -0.4 is 4.74 Å². The van der Waals surface area contributed by atoms with Gasteiger partial charge in [-0.3, -0.25) is 4.79 Å². The molecule has 0 aromatic heterocycles. The van der Waals surface area contributed by atoms with Crippen molar-refractivity contribution in [3.63, 3.8) is 0 Å². The molecule has 3 rings (SSSR count). The second kappa shape index (κ2) is 11.2. The maximum absolute atomic E-state index is 12.6. The molecule has 0 radical (unpaired) electrons. The molecular weight excluding hydrogens is 416 g/mol. The summed E-state index contributed by atoms with van der Waals surface area (Å²) in [6, 6.07) is 7.86. The topological polar surface area (TPSA) is 61.8 Å². The highest BCUT2D eigenvalue weighted by molar-refractivity contribution is 5.75. The molecule has 2 aliphatic carbocycles. The first kappa shape index (κ1) is 25.3. The molecule has 3 unspecified atom stereocenters. The van der Waals surface area contributed by atoms with Crippen LogP contribution in [0.5, 0.6) is 5.75 Å². The molecule has 2 fully saturated rings. The average Bonchev–Trinajstić information content (AvgIpc) is 3.34. The van der Waals surface area contributed by atoms with E-state index in [2.05, 4.69) is 29.9 Å². The summed E-state index contributed by atoms with van der Waals surface area (Å²) in [6.45, 7) is 7.84. The zero-order valence-corrected chi connectivity index (χ0v) is 20.8. The van der Waals surface area contributed by atoms with Crippen molar-refractivity contribution in [2.45, 2.75) is 72.3 Å². The molecule has 5 nitrogen and oxygen atoms in total. The zero-order chi connectivity index (χ0) is 24.0. The van der Waals surface area contributed by atoms with E-state index in [1.54, 1.807) is 0 Å². The van der Waals surface area contributed by atoms with Crippen LogP contribution in [0.25, 0.3) is 0 Å². The van der Waals surface area contributed by atoms with E-state index >= 15 is 0 Å². The number of esters is 2. The normalized spacial score (nSPS) is 26.2. The van der Waals surface area contributed by atoms with Gasteiger partial charge in [0.2, 0.25) is 0 Å². The SMILES string of the molecule is CCCCCC=CC1[C@H]2C(Cc3cccc(OCC(=O)OC)c3)C(OC(=O)C(C)(C)C)C[C@@H]12. The van der Waals surface area contributed by atoms with Crippen LogP contribution in [-0.2, 0) is 25.5 Å². The Morgan fingerprint density at radius 1 is 1.18 bits per heavy atom. The average molecular weight is 457 g/mol.